The van der Waals surface area contributed by atoms with Gasteiger partial charge < -0.3 is 10.2 Å². The first-order chi connectivity index (χ1) is 8.78. The molecule has 0 spiro atoms. The summed E-state index contributed by atoms with van der Waals surface area (Å²) in [6, 6.07) is 2.53. The lowest BCUT2D eigenvalue weighted by Crippen LogP contribution is -2.48. The van der Waals surface area contributed by atoms with Crippen LogP contribution in [0.5, 0.6) is 0 Å². The fraction of sp³-hybridized carbons (Fsp3) is 1.00. The predicted molar refractivity (Wildman–Crippen MR) is 78.0 cm³/mol. The molecule has 0 amide bonds. The van der Waals surface area contributed by atoms with Crippen LogP contribution < -0.4 is 5.32 Å². The minimum Gasteiger partial charge on any atom is -0.317 e. The van der Waals surface area contributed by atoms with Gasteiger partial charge in [-0.1, -0.05) is 13.8 Å². The Morgan fingerprint density at radius 3 is 2.22 bits per heavy atom. The Bertz CT molecular complexity index is 226. The fourth-order valence-electron chi connectivity index (χ4n) is 3.89. The third kappa shape index (κ3) is 3.25. The zero-order valence-electron chi connectivity index (χ0n) is 12.5. The van der Waals surface area contributed by atoms with Crippen LogP contribution in [0.4, 0.5) is 0 Å². The first-order valence-corrected chi connectivity index (χ1v) is 7.93. The van der Waals surface area contributed by atoms with Gasteiger partial charge in [0.1, 0.15) is 0 Å². The molecule has 2 heterocycles. The summed E-state index contributed by atoms with van der Waals surface area (Å²) in [5.41, 5.74) is 0. The van der Waals surface area contributed by atoms with Gasteiger partial charge in [0.25, 0.3) is 0 Å². The van der Waals surface area contributed by atoms with Crippen LogP contribution in [0, 0.1) is 0 Å². The highest BCUT2D eigenvalue weighted by molar-refractivity contribution is 4.97. The third-order valence-electron chi connectivity index (χ3n) is 5.08. The summed E-state index contributed by atoms with van der Waals surface area (Å²) < 4.78 is 0. The van der Waals surface area contributed by atoms with Crippen LogP contribution in [-0.4, -0.2) is 61.2 Å². The monoisotopic (exact) mass is 253 g/mol. The Morgan fingerprint density at radius 1 is 1.11 bits per heavy atom. The molecule has 0 aromatic rings. The van der Waals surface area contributed by atoms with Gasteiger partial charge in [-0.2, -0.15) is 0 Å². The maximum absolute atomic E-state index is 3.48. The van der Waals surface area contributed by atoms with Crippen LogP contribution in [0.25, 0.3) is 0 Å². The van der Waals surface area contributed by atoms with E-state index < -0.39 is 0 Å². The summed E-state index contributed by atoms with van der Waals surface area (Å²) in [5, 5.41) is 3.48. The molecule has 0 saturated carbocycles. The molecule has 2 atom stereocenters. The smallest absolute Gasteiger partial charge is 0.0114 e. The molecule has 2 bridgehead atoms. The van der Waals surface area contributed by atoms with Gasteiger partial charge in [0.2, 0.25) is 0 Å². The fourth-order valence-corrected chi connectivity index (χ4v) is 3.89. The van der Waals surface area contributed by atoms with E-state index in [1.165, 1.54) is 58.3 Å². The molecule has 2 saturated heterocycles. The molecule has 2 rings (SSSR count). The Hall–Kier alpha value is -0.120. The minimum absolute atomic E-state index is 0.779. The summed E-state index contributed by atoms with van der Waals surface area (Å²) >= 11 is 0. The molecule has 3 nitrogen and oxygen atoms in total. The van der Waals surface area contributed by atoms with E-state index in [0.717, 1.165) is 18.1 Å². The van der Waals surface area contributed by atoms with Crippen molar-refractivity contribution in [3.05, 3.63) is 0 Å². The van der Waals surface area contributed by atoms with Crippen LogP contribution in [0.3, 0.4) is 0 Å². The molecule has 2 unspecified atom stereocenters. The second kappa shape index (κ2) is 6.88. The number of hydrogen-bond acceptors (Lipinski definition) is 3. The van der Waals surface area contributed by atoms with Crippen molar-refractivity contribution in [2.45, 2.75) is 64.1 Å². The first kappa shape index (κ1) is 14.3. The number of piperidine rings is 1. The van der Waals surface area contributed by atoms with Crippen LogP contribution in [0.1, 0.15) is 46.0 Å². The first-order valence-electron chi connectivity index (χ1n) is 7.93. The highest BCUT2D eigenvalue weighted by Gasteiger charge is 2.39. The lowest BCUT2D eigenvalue weighted by Gasteiger charge is -2.39. The maximum Gasteiger partial charge on any atom is 0.0114 e. The van der Waals surface area contributed by atoms with Crippen LogP contribution in [0.2, 0.25) is 0 Å². The Labute approximate surface area is 113 Å². The van der Waals surface area contributed by atoms with E-state index in [-0.39, 0.29) is 0 Å². The van der Waals surface area contributed by atoms with Gasteiger partial charge in [-0.05, 0) is 65.3 Å². The van der Waals surface area contributed by atoms with Gasteiger partial charge in [0.15, 0.2) is 0 Å². The summed E-state index contributed by atoms with van der Waals surface area (Å²) in [6.07, 6.45) is 6.97. The van der Waals surface area contributed by atoms with Gasteiger partial charge in [-0.15, -0.1) is 0 Å². The third-order valence-corrected chi connectivity index (χ3v) is 5.08. The van der Waals surface area contributed by atoms with E-state index >= 15 is 0 Å². The molecular weight excluding hydrogens is 222 g/mol. The van der Waals surface area contributed by atoms with Gasteiger partial charge in [0, 0.05) is 18.1 Å². The lowest BCUT2D eigenvalue weighted by atomic mass is 9.97. The minimum atomic E-state index is 0.779. The van der Waals surface area contributed by atoms with E-state index in [9.17, 15) is 0 Å². The molecule has 0 radical (unpaired) electrons. The van der Waals surface area contributed by atoms with Crippen molar-refractivity contribution in [2.24, 2.45) is 0 Å². The number of rotatable bonds is 7. The average Bonchev–Trinajstić information content (AvgIpc) is 2.64. The van der Waals surface area contributed by atoms with Crippen molar-refractivity contribution in [2.75, 3.05) is 33.2 Å². The molecule has 0 aromatic carbocycles. The highest BCUT2D eigenvalue weighted by Crippen LogP contribution is 2.35. The number of hydrogen-bond donors (Lipinski definition) is 1. The molecule has 0 aliphatic carbocycles. The molecule has 3 heteroatoms. The topological polar surface area (TPSA) is 18.5 Å². The standard InChI is InChI=1S/C15H31N3/c1-4-17(5-2)9-6-10-18-14-7-8-15(18)12-13(11-14)16-3/h13-16H,4-12H2,1-3H3. The summed E-state index contributed by atoms with van der Waals surface area (Å²) in [4.78, 5) is 5.36. The molecule has 2 aliphatic heterocycles. The van der Waals surface area contributed by atoms with E-state index in [2.05, 4.69) is 36.0 Å². The van der Waals surface area contributed by atoms with Gasteiger partial charge in [-0.25, -0.2) is 0 Å². The van der Waals surface area contributed by atoms with Crippen molar-refractivity contribution in [3.8, 4) is 0 Å². The van der Waals surface area contributed by atoms with Gasteiger partial charge >= 0.3 is 0 Å². The molecule has 106 valence electrons. The molecular formula is C15H31N3. The van der Waals surface area contributed by atoms with E-state index in [0.29, 0.717) is 0 Å². The van der Waals surface area contributed by atoms with E-state index in [1.54, 1.807) is 0 Å². The van der Waals surface area contributed by atoms with Crippen molar-refractivity contribution in [1.29, 1.82) is 0 Å². The molecule has 2 aliphatic rings. The van der Waals surface area contributed by atoms with Gasteiger partial charge in [-0.3, -0.25) is 4.90 Å². The predicted octanol–water partition coefficient (Wildman–Crippen LogP) is 1.93. The van der Waals surface area contributed by atoms with E-state index in [4.69, 9.17) is 0 Å². The van der Waals surface area contributed by atoms with Crippen molar-refractivity contribution < 1.29 is 0 Å². The van der Waals surface area contributed by atoms with Crippen LogP contribution in [0.15, 0.2) is 0 Å². The van der Waals surface area contributed by atoms with Crippen molar-refractivity contribution in [3.63, 3.8) is 0 Å². The largest absolute Gasteiger partial charge is 0.317 e. The van der Waals surface area contributed by atoms with Crippen molar-refractivity contribution in [1.82, 2.24) is 15.1 Å². The quantitative estimate of drug-likeness (QED) is 0.748. The summed E-state index contributed by atoms with van der Waals surface area (Å²) in [7, 11) is 2.13. The zero-order chi connectivity index (χ0) is 13.0. The Morgan fingerprint density at radius 2 is 1.72 bits per heavy atom. The summed E-state index contributed by atoms with van der Waals surface area (Å²) in [6.45, 7) is 9.54. The normalized spacial score (nSPS) is 32.3. The highest BCUT2D eigenvalue weighted by atomic mass is 15.2. The second-order valence-electron chi connectivity index (χ2n) is 5.96. The molecule has 1 N–H and O–H groups in total. The number of fused-ring (bicyclic) bond motifs is 2. The summed E-state index contributed by atoms with van der Waals surface area (Å²) in [5.74, 6) is 0. The second-order valence-corrected chi connectivity index (χ2v) is 5.96. The Kier molecular flexibility index (Phi) is 5.46. The molecule has 2 fully saturated rings. The molecule has 18 heavy (non-hydrogen) atoms. The van der Waals surface area contributed by atoms with Crippen molar-refractivity contribution >= 4 is 0 Å². The van der Waals surface area contributed by atoms with Gasteiger partial charge in [0.05, 0.1) is 0 Å². The number of nitrogens with one attached hydrogen (secondary N) is 1. The van der Waals surface area contributed by atoms with Crippen LogP contribution in [-0.2, 0) is 0 Å². The Balaban J connectivity index is 1.74. The zero-order valence-corrected chi connectivity index (χ0v) is 12.5. The molecule has 0 aromatic heterocycles. The number of nitrogens with zero attached hydrogens (tertiary/aromatic N) is 2. The average molecular weight is 253 g/mol. The van der Waals surface area contributed by atoms with Crippen LogP contribution >= 0.6 is 0 Å². The maximum atomic E-state index is 3.48. The SMILES string of the molecule is CCN(CC)CCCN1C2CCC1CC(NC)C2. The van der Waals surface area contributed by atoms with E-state index in [1.807, 2.05) is 0 Å². The lowest BCUT2D eigenvalue weighted by molar-refractivity contribution is 0.113.